The van der Waals surface area contributed by atoms with Gasteiger partial charge in [0.2, 0.25) is 0 Å². The van der Waals surface area contributed by atoms with E-state index in [0.29, 0.717) is 6.54 Å². The van der Waals surface area contributed by atoms with Crippen molar-refractivity contribution in [2.24, 2.45) is 0 Å². The molecule has 2 rings (SSSR count). The molecule has 0 aliphatic rings. The van der Waals surface area contributed by atoms with Crippen molar-refractivity contribution in [3.8, 4) is 0 Å². The summed E-state index contributed by atoms with van der Waals surface area (Å²) in [6.45, 7) is 2.55. The van der Waals surface area contributed by atoms with E-state index in [1.54, 1.807) is 0 Å². The third-order valence-corrected chi connectivity index (χ3v) is 3.40. The number of hydrogen-bond acceptors (Lipinski definition) is 3. The molecule has 0 saturated heterocycles. The molecule has 1 heterocycles. The van der Waals surface area contributed by atoms with Crippen molar-refractivity contribution >= 4 is 21.8 Å². The highest BCUT2D eigenvalue weighted by atomic mass is 79.9. The Morgan fingerprint density at radius 1 is 1.35 bits per heavy atom. The third kappa shape index (κ3) is 3.77. The summed E-state index contributed by atoms with van der Waals surface area (Å²) in [7, 11) is 0. The number of nitrogens with zero attached hydrogens (tertiary/aromatic N) is 1. The molecule has 0 saturated carbocycles. The lowest BCUT2D eigenvalue weighted by Crippen LogP contribution is -2.27. The Labute approximate surface area is 124 Å². The topological polar surface area (TPSA) is 74.8 Å². The summed E-state index contributed by atoms with van der Waals surface area (Å²) in [5.41, 5.74) is 2.24. The minimum Gasteiger partial charge on any atom is -0.350 e. The first-order valence-corrected chi connectivity index (χ1v) is 6.94. The number of carbonyl (C=O) groups excluding carboxylic acids is 1. The van der Waals surface area contributed by atoms with Gasteiger partial charge in [0.25, 0.3) is 11.5 Å². The van der Waals surface area contributed by atoms with Gasteiger partial charge in [0.1, 0.15) is 5.69 Å². The number of amides is 1. The van der Waals surface area contributed by atoms with Crippen molar-refractivity contribution in [1.29, 1.82) is 0 Å². The molecule has 2 aromatic rings. The fourth-order valence-electron chi connectivity index (χ4n) is 1.78. The van der Waals surface area contributed by atoms with Gasteiger partial charge in [-0.25, -0.2) is 5.10 Å². The SMILES string of the molecule is Cc1ccc(Br)cc1CCNC(=O)c1ccc(=O)[nH]n1. The number of nitrogens with one attached hydrogen (secondary N) is 2. The second kappa shape index (κ2) is 6.47. The molecule has 0 atom stereocenters. The Hall–Kier alpha value is -1.95. The van der Waals surface area contributed by atoms with Crippen LogP contribution in [0.5, 0.6) is 0 Å². The van der Waals surface area contributed by atoms with Crippen molar-refractivity contribution in [2.75, 3.05) is 6.54 Å². The zero-order valence-corrected chi connectivity index (χ0v) is 12.5. The normalized spacial score (nSPS) is 10.3. The lowest BCUT2D eigenvalue weighted by molar-refractivity contribution is 0.0948. The molecule has 0 spiro atoms. The fraction of sp³-hybridized carbons (Fsp3) is 0.214. The lowest BCUT2D eigenvalue weighted by atomic mass is 10.1. The van der Waals surface area contributed by atoms with E-state index < -0.39 is 0 Å². The highest BCUT2D eigenvalue weighted by Crippen LogP contribution is 2.16. The van der Waals surface area contributed by atoms with Crippen LogP contribution < -0.4 is 10.9 Å². The van der Waals surface area contributed by atoms with Crippen molar-refractivity contribution < 1.29 is 4.79 Å². The molecule has 6 heteroatoms. The molecule has 0 unspecified atom stereocenters. The lowest BCUT2D eigenvalue weighted by Gasteiger charge is -2.07. The Kier molecular flexibility index (Phi) is 4.68. The van der Waals surface area contributed by atoms with Gasteiger partial charge < -0.3 is 5.32 Å². The van der Waals surface area contributed by atoms with Crippen LogP contribution in [-0.4, -0.2) is 22.6 Å². The third-order valence-electron chi connectivity index (χ3n) is 2.90. The average Bonchev–Trinajstić information content (AvgIpc) is 2.43. The van der Waals surface area contributed by atoms with Crippen LogP contribution in [0.2, 0.25) is 0 Å². The number of H-pyrrole nitrogens is 1. The molecular weight excluding hydrogens is 322 g/mol. The van der Waals surface area contributed by atoms with E-state index in [0.717, 1.165) is 10.9 Å². The van der Waals surface area contributed by atoms with Gasteiger partial charge in [0, 0.05) is 17.1 Å². The number of benzene rings is 1. The first-order valence-electron chi connectivity index (χ1n) is 6.15. The highest BCUT2D eigenvalue weighted by Gasteiger charge is 2.07. The Morgan fingerprint density at radius 2 is 2.15 bits per heavy atom. The zero-order valence-electron chi connectivity index (χ0n) is 10.9. The number of rotatable bonds is 4. The largest absolute Gasteiger partial charge is 0.350 e. The molecule has 0 radical (unpaired) electrons. The van der Waals surface area contributed by atoms with Crippen molar-refractivity contribution in [1.82, 2.24) is 15.5 Å². The number of hydrogen-bond donors (Lipinski definition) is 2. The molecule has 0 aliphatic carbocycles. The van der Waals surface area contributed by atoms with Gasteiger partial charge in [0.05, 0.1) is 0 Å². The summed E-state index contributed by atoms with van der Waals surface area (Å²) in [4.78, 5) is 22.7. The van der Waals surface area contributed by atoms with E-state index in [2.05, 4.69) is 31.4 Å². The molecule has 1 aromatic carbocycles. The summed E-state index contributed by atoms with van der Waals surface area (Å²) in [6.07, 6.45) is 0.736. The average molecular weight is 336 g/mol. The zero-order chi connectivity index (χ0) is 14.5. The van der Waals surface area contributed by atoms with Crippen molar-refractivity contribution in [3.05, 3.63) is 62.0 Å². The van der Waals surface area contributed by atoms with Crippen LogP contribution in [0.15, 0.2) is 39.6 Å². The Bertz CT molecular complexity index is 662. The molecule has 20 heavy (non-hydrogen) atoms. The van der Waals surface area contributed by atoms with Crippen LogP contribution >= 0.6 is 15.9 Å². The Morgan fingerprint density at radius 3 is 2.85 bits per heavy atom. The van der Waals surface area contributed by atoms with Gasteiger partial charge in [-0.1, -0.05) is 22.0 Å². The van der Waals surface area contributed by atoms with Crippen LogP contribution in [0.4, 0.5) is 0 Å². The van der Waals surface area contributed by atoms with E-state index in [9.17, 15) is 9.59 Å². The molecule has 2 N–H and O–H groups in total. The van der Waals surface area contributed by atoms with Gasteiger partial charge in [-0.3, -0.25) is 9.59 Å². The number of halogens is 1. The van der Waals surface area contributed by atoms with Gasteiger partial charge in [-0.2, -0.15) is 5.10 Å². The second-order valence-electron chi connectivity index (χ2n) is 4.38. The first-order chi connectivity index (χ1) is 9.56. The summed E-state index contributed by atoms with van der Waals surface area (Å²) in [6, 6.07) is 8.74. The Balaban J connectivity index is 1.92. The van der Waals surface area contributed by atoms with Crippen LogP contribution in [0, 0.1) is 6.92 Å². The maximum Gasteiger partial charge on any atom is 0.271 e. The number of carbonyl (C=O) groups is 1. The number of aryl methyl sites for hydroxylation is 1. The summed E-state index contributed by atoms with van der Waals surface area (Å²) in [5.74, 6) is -0.297. The molecule has 0 bridgehead atoms. The van der Waals surface area contributed by atoms with Gasteiger partial charge in [0.15, 0.2) is 0 Å². The molecule has 1 amide bonds. The van der Waals surface area contributed by atoms with Crippen LogP contribution in [0.25, 0.3) is 0 Å². The second-order valence-corrected chi connectivity index (χ2v) is 5.30. The van der Waals surface area contributed by atoms with E-state index >= 15 is 0 Å². The van der Waals surface area contributed by atoms with Gasteiger partial charge in [-0.05, 0) is 42.7 Å². The van der Waals surface area contributed by atoms with Crippen molar-refractivity contribution in [3.63, 3.8) is 0 Å². The van der Waals surface area contributed by atoms with E-state index in [4.69, 9.17) is 0 Å². The fourth-order valence-corrected chi connectivity index (χ4v) is 2.19. The first kappa shape index (κ1) is 14.5. The minimum atomic E-state index is -0.327. The van der Waals surface area contributed by atoms with E-state index in [-0.39, 0.29) is 17.2 Å². The highest BCUT2D eigenvalue weighted by molar-refractivity contribution is 9.10. The van der Waals surface area contributed by atoms with Crippen LogP contribution in [-0.2, 0) is 6.42 Å². The van der Waals surface area contributed by atoms with E-state index in [1.165, 1.54) is 23.3 Å². The molecule has 104 valence electrons. The van der Waals surface area contributed by atoms with Crippen molar-refractivity contribution in [2.45, 2.75) is 13.3 Å². The minimum absolute atomic E-state index is 0.204. The molecule has 0 aliphatic heterocycles. The molecule has 0 fully saturated rings. The van der Waals surface area contributed by atoms with Crippen LogP contribution in [0.3, 0.4) is 0 Å². The molecule has 5 nitrogen and oxygen atoms in total. The smallest absolute Gasteiger partial charge is 0.271 e. The quantitative estimate of drug-likeness (QED) is 0.894. The predicted molar refractivity (Wildman–Crippen MR) is 79.8 cm³/mol. The maximum atomic E-state index is 11.8. The predicted octanol–water partition coefficient (Wildman–Crippen LogP) is 1.81. The summed E-state index contributed by atoms with van der Waals surface area (Å²) < 4.78 is 1.02. The van der Waals surface area contributed by atoms with Crippen LogP contribution in [0.1, 0.15) is 21.6 Å². The summed E-state index contributed by atoms with van der Waals surface area (Å²) in [5, 5.41) is 8.69. The number of aromatic amines is 1. The summed E-state index contributed by atoms with van der Waals surface area (Å²) >= 11 is 3.43. The molecular formula is C14H14BrN3O2. The van der Waals surface area contributed by atoms with Gasteiger partial charge >= 0.3 is 0 Å². The maximum absolute atomic E-state index is 11.8. The standard InChI is InChI=1S/C14H14BrN3O2/c1-9-2-3-11(15)8-10(9)6-7-16-14(20)12-4-5-13(19)18-17-12/h2-5,8H,6-7H2,1H3,(H,16,20)(H,18,19). The van der Waals surface area contributed by atoms with Gasteiger partial charge in [-0.15, -0.1) is 0 Å². The monoisotopic (exact) mass is 335 g/mol. The molecule has 1 aromatic heterocycles. The van der Waals surface area contributed by atoms with E-state index in [1.807, 2.05) is 25.1 Å². The number of aromatic nitrogens is 2.